The van der Waals surface area contributed by atoms with Crippen LogP contribution in [-0.2, 0) is 9.16 Å². The average molecular weight is 239 g/mol. The maximum Gasteiger partial charge on any atom is 0.217 e. The second kappa shape index (κ2) is 4.11. The van der Waals surface area contributed by atoms with Gasteiger partial charge in [0.1, 0.15) is 0 Å². The van der Waals surface area contributed by atoms with Crippen molar-refractivity contribution in [2.24, 2.45) is 5.92 Å². The SMILES string of the molecule is CC(C)(C1CCC2OC2C1)[Si]1CCCCO1. The number of hydrogen-bond donors (Lipinski definition) is 0. The molecule has 2 heterocycles. The minimum Gasteiger partial charge on any atom is -0.416 e. The molecule has 3 unspecified atom stereocenters. The monoisotopic (exact) mass is 239 g/mol. The molecule has 0 spiro atoms. The molecule has 1 aliphatic carbocycles. The Balaban J connectivity index is 1.65. The molecule has 2 aliphatic heterocycles. The van der Waals surface area contributed by atoms with E-state index >= 15 is 0 Å². The van der Waals surface area contributed by atoms with Gasteiger partial charge in [0, 0.05) is 6.61 Å². The van der Waals surface area contributed by atoms with Gasteiger partial charge in [-0.05, 0) is 42.7 Å². The molecule has 0 aromatic rings. The van der Waals surface area contributed by atoms with Gasteiger partial charge in [0.15, 0.2) is 0 Å². The third-order valence-corrected chi connectivity index (χ3v) is 8.02. The van der Waals surface area contributed by atoms with Crippen molar-refractivity contribution in [1.29, 1.82) is 0 Å². The van der Waals surface area contributed by atoms with Gasteiger partial charge in [-0.15, -0.1) is 0 Å². The van der Waals surface area contributed by atoms with E-state index in [0.29, 0.717) is 17.2 Å². The molecule has 1 radical (unpaired) electrons. The van der Waals surface area contributed by atoms with Crippen LogP contribution < -0.4 is 0 Å². The molecular formula is C13H23O2Si. The molecule has 91 valence electrons. The minimum atomic E-state index is -0.583. The number of hydrogen-bond acceptors (Lipinski definition) is 2. The lowest BCUT2D eigenvalue weighted by Gasteiger charge is -2.41. The van der Waals surface area contributed by atoms with Gasteiger partial charge in [0.25, 0.3) is 0 Å². The smallest absolute Gasteiger partial charge is 0.217 e. The lowest BCUT2D eigenvalue weighted by molar-refractivity contribution is 0.226. The number of epoxide rings is 1. The minimum absolute atomic E-state index is 0.446. The summed E-state index contributed by atoms with van der Waals surface area (Å²) in [5, 5.41) is 0.446. The van der Waals surface area contributed by atoms with Crippen LogP contribution >= 0.6 is 0 Å². The van der Waals surface area contributed by atoms with E-state index in [9.17, 15) is 0 Å². The molecule has 3 aliphatic rings. The van der Waals surface area contributed by atoms with Gasteiger partial charge in [-0.1, -0.05) is 20.3 Å². The molecule has 3 atom stereocenters. The van der Waals surface area contributed by atoms with Gasteiger partial charge in [-0.3, -0.25) is 0 Å². The van der Waals surface area contributed by atoms with Crippen LogP contribution in [-0.4, -0.2) is 27.9 Å². The summed E-state index contributed by atoms with van der Waals surface area (Å²) in [5.74, 6) is 0.850. The van der Waals surface area contributed by atoms with Crippen molar-refractivity contribution in [2.75, 3.05) is 6.61 Å². The first-order valence-electron chi connectivity index (χ1n) is 6.82. The molecule has 1 saturated carbocycles. The summed E-state index contributed by atoms with van der Waals surface area (Å²) in [5.41, 5.74) is 0. The highest BCUT2D eigenvalue weighted by Crippen LogP contribution is 2.52. The highest BCUT2D eigenvalue weighted by molar-refractivity contribution is 6.55. The Morgan fingerprint density at radius 1 is 1.12 bits per heavy atom. The van der Waals surface area contributed by atoms with Crippen LogP contribution in [0.5, 0.6) is 0 Å². The van der Waals surface area contributed by atoms with E-state index in [1.54, 1.807) is 0 Å². The van der Waals surface area contributed by atoms with E-state index in [1.807, 2.05) is 0 Å². The Kier molecular flexibility index (Phi) is 2.89. The quantitative estimate of drug-likeness (QED) is 0.545. The largest absolute Gasteiger partial charge is 0.416 e. The molecule has 3 heteroatoms. The Bertz CT molecular complexity index is 261. The predicted molar refractivity (Wildman–Crippen MR) is 65.8 cm³/mol. The second-order valence-corrected chi connectivity index (χ2v) is 9.10. The van der Waals surface area contributed by atoms with Crippen molar-refractivity contribution in [1.82, 2.24) is 0 Å². The van der Waals surface area contributed by atoms with E-state index in [2.05, 4.69) is 13.8 Å². The van der Waals surface area contributed by atoms with Crippen LogP contribution in [0.25, 0.3) is 0 Å². The predicted octanol–water partition coefficient (Wildman–Crippen LogP) is 3.14. The molecule has 0 aromatic heterocycles. The van der Waals surface area contributed by atoms with Gasteiger partial charge in [0.05, 0.1) is 12.2 Å². The summed E-state index contributed by atoms with van der Waals surface area (Å²) in [6.45, 7) is 5.94. The number of rotatable bonds is 2. The molecule has 2 saturated heterocycles. The fourth-order valence-electron chi connectivity index (χ4n) is 3.45. The average Bonchev–Trinajstić information content (AvgIpc) is 3.08. The summed E-state index contributed by atoms with van der Waals surface area (Å²) in [4.78, 5) is 0. The van der Waals surface area contributed by atoms with Crippen molar-refractivity contribution in [2.45, 2.75) is 69.2 Å². The Morgan fingerprint density at radius 2 is 2.00 bits per heavy atom. The highest BCUT2D eigenvalue weighted by atomic mass is 28.3. The third-order valence-electron chi connectivity index (χ3n) is 4.82. The molecule has 3 rings (SSSR count). The van der Waals surface area contributed by atoms with Gasteiger partial charge in [0.2, 0.25) is 9.04 Å². The zero-order valence-corrected chi connectivity index (χ0v) is 11.5. The third kappa shape index (κ3) is 1.98. The summed E-state index contributed by atoms with van der Waals surface area (Å²) >= 11 is 0. The first-order chi connectivity index (χ1) is 7.68. The van der Waals surface area contributed by atoms with Crippen LogP contribution in [0.15, 0.2) is 0 Å². The van der Waals surface area contributed by atoms with Crippen molar-refractivity contribution in [3.8, 4) is 0 Å². The standard InChI is InChI=1S/C13H23O2Si/c1-13(2,16-8-4-3-7-14-16)10-5-6-11-12(9-10)15-11/h10-12H,3-9H2,1-2H3. The Hall–Kier alpha value is 0.137. The fourth-order valence-corrected chi connectivity index (χ4v) is 6.29. The van der Waals surface area contributed by atoms with Crippen molar-refractivity contribution < 1.29 is 9.16 Å². The van der Waals surface area contributed by atoms with Gasteiger partial charge < -0.3 is 9.16 Å². The van der Waals surface area contributed by atoms with Crippen LogP contribution in [0, 0.1) is 5.92 Å². The summed E-state index contributed by atoms with van der Waals surface area (Å²) < 4.78 is 11.8. The highest BCUT2D eigenvalue weighted by Gasteiger charge is 2.50. The van der Waals surface area contributed by atoms with Crippen LogP contribution in [0.4, 0.5) is 0 Å². The second-order valence-electron chi connectivity index (χ2n) is 6.17. The van der Waals surface area contributed by atoms with E-state index in [4.69, 9.17) is 9.16 Å². The van der Waals surface area contributed by atoms with E-state index in [1.165, 1.54) is 38.1 Å². The Morgan fingerprint density at radius 3 is 2.69 bits per heavy atom. The van der Waals surface area contributed by atoms with Gasteiger partial charge in [-0.2, -0.15) is 0 Å². The molecule has 0 bridgehead atoms. The molecule has 16 heavy (non-hydrogen) atoms. The van der Waals surface area contributed by atoms with E-state index < -0.39 is 9.04 Å². The summed E-state index contributed by atoms with van der Waals surface area (Å²) in [7, 11) is -0.583. The zero-order chi connectivity index (χ0) is 11.2. The summed E-state index contributed by atoms with van der Waals surface area (Å²) in [6, 6.07) is 1.36. The molecular weight excluding hydrogens is 216 g/mol. The summed E-state index contributed by atoms with van der Waals surface area (Å²) in [6.07, 6.45) is 7.89. The van der Waals surface area contributed by atoms with E-state index in [-0.39, 0.29) is 0 Å². The van der Waals surface area contributed by atoms with E-state index in [0.717, 1.165) is 12.5 Å². The van der Waals surface area contributed by atoms with Gasteiger partial charge >= 0.3 is 0 Å². The molecule has 3 fully saturated rings. The lowest BCUT2D eigenvalue weighted by Crippen LogP contribution is -2.40. The molecule has 0 amide bonds. The topological polar surface area (TPSA) is 21.8 Å². The lowest BCUT2D eigenvalue weighted by atomic mass is 9.81. The normalized spacial score (nSPS) is 40.5. The maximum atomic E-state index is 6.11. The first kappa shape index (κ1) is 11.2. The molecule has 0 N–H and O–H groups in total. The number of ether oxygens (including phenoxy) is 1. The number of fused-ring (bicyclic) bond motifs is 1. The fraction of sp³-hybridized carbons (Fsp3) is 1.00. The van der Waals surface area contributed by atoms with Crippen LogP contribution in [0.1, 0.15) is 46.0 Å². The van der Waals surface area contributed by atoms with Gasteiger partial charge in [-0.25, -0.2) is 0 Å². The Labute approximate surface area is 100 Å². The van der Waals surface area contributed by atoms with Crippen LogP contribution in [0.2, 0.25) is 11.1 Å². The molecule has 0 aromatic carbocycles. The van der Waals surface area contributed by atoms with Crippen molar-refractivity contribution in [3.63, 3.8) is 0 Å². The first-order valence-corrected chi connectivity index (χ1v) is 8.44. The van der Waals surface area contributed by atoms with Crippen molar-refractivity contribution in [3.05, 3.63) is 0 Å². The van der Waals surface area contributed by atoms with Crippen LogP contribution in [0.3, 0.4) is 0 Å². The maximum absolute atomic E-state index is 6.11. The zero-order valence-electron chi connectivity index (χ0n) is 10.5. The molecule has 2 nitrogen and oxygen atoms in total. The van der Waals surface area contributed by atoms with Crippen molar-refractivity contribution >= 4 is 9.04 Å².